The second-order valence-corrected chi connectivity index (χ2v) is 8.90. The van der Waals surface area contributed by atoms with Crippen LogP contribution in [-0.4, -0.2) is 41.7 Å². The van der Waals surface area contributed by atoms with Crippen molar-refractivity contribution >= 4 is 58.5 Å². The summed E-state index contributed by atoms with van der Waals surface area (Å²) in [5.41, 5.74) is 2.57. The second-order valence-electron chi connectivity index (χ2n) is 8.11. The Hall–Kier alpha value is -4.15. The molecule has 2 amide bonds. The van der Waals surface area contributed by atoms with E-state index in [4.69, 9.17) is 33.3 Å². The van der Waals surface area contributed by atoms with E-state index in [9.17, 15) is 19.5 Å². The van der Waals surface area contributed by atoms with Crippen molar-refractivity contribution in [1.29, 1.82) is 0 Å². The van der Waals surface area contributed by atoms with Gasteiger partial charge in [0, 0.05) is 33.7 Å². The molecule has 0 spiro atoms. The lowest BCUT2D eigenvalue weighted by Crippen LogP contribution is -2.54. The average Bonchev–Trinajstić information content (AvgIpc) is 3.14. The predicted molar refractivity (Wildman–Crippen MR) is 140 cm³/mol. The number of benzene rings is 2. The molecule has 1 aliphatic heterocycles. The molecule has 1 aromatic heterocycles. The fraction of sp³-hybridized carbons (Fsp3) is 0.154. The molecular weight excluding hydrogens is 518 g/mol. The highest BCUT2D eigenvalue weighted by molar-refractivity contribution is 7.80. The van der Waals surface area contributed by atoms with Crippen molar-refractivity contribution in [3.05, 3.63) is 75.6 Å². The Morgan fingerprint density at radius 3 is 2.46 bits per heavy atom. The molecule has 37 heavy (non-hydrogen) atoms. The van der Waals surface area contributed by atoms with E-state index in [2.05, 4.69) is 5.32 Å². The highest BCUT2D eigenvalue weighted by Gasteiger charge is 2.36. The lowest BCUT2D eigenvalue weighted by Gasteiger charge is -2.30. The number of methoxy groups -OCH3 is 2. The number of halogens is 1. The summed E-state index contributed by atoms with van der Waals surface area (Å²) in [6.45, 7) is 3.60. The number of thiocarbonyl (C=S) groups is 1. The highest BCUT2D eigenvalue weighted by atomic mass is 35.5. The van der Waals surface area contributed by atoms with Gasteiger partial charge in [-0.15, -0.1) is 0 Å². The van der Waals surface area contributed by atoms with Gasteiger partial charge in [-0.05, 0) is 74.1 Å². The number of anilines is 1. The minimum absolute atomic E-state index is 0.0584. The number of carbonyl (C=O) groups is 3. The van der Waals surface area contributed by atoms with Gasteiger partial charge in [-0.2, -0.15) is 0 Å². The molecule has 2 heterocycles. The van der Waals surface area contributed by atoms with Crippen molar-refractivity contribution in [2.75, 3.05) is 19.1 Å². The van der Waals surface area contributed by atoms with Gasteiger partial charge in [0.15, 0.2) is 5.11 Å². The van der Waals surface area contributed by atoms with Gasteiger partial charge in [0.1, 0.15) is 17.1 Å². The summed E-state index contributed by atoms with van der Waals surface area (Å²) in [4.78, 5) is 39.0. The van der Waals surface area contributed by atoms with E-state index in [1.54, 1.807) is 41.8 Å². The standard InChI is InChI=1S/C26H22ClN3O6S/c1-13-9-15(14(2)29(13)16-5-7-20(27)18(11-16)25(33)34)10-19-23(31)28-26(37)30(24(19)32)21-8-6-17(35-3)12-22(21)36-4/h5-12H,1-4H3,(H,33,34)(H,28,31,37)/p-1/b19-10+. The molecule has 1 aliphatic rings. The number of aromatic carboxylic acids is 1. The van der Waals surface area contributed by atoms with Gasteiger partial charge in [0.2, 0.25) is 0 Å². The van der Waals surface area contributed by atoms with Crippen LogP contribution in [0.15, 0.2) is 48.0 Å². The van der Waals surface area contributed by atoms with Crippen LogP contribution in [0, 0.1) is 13.8 Å². The van der Waals surface area contributed by atoms with Crippen LogP contribution in [0.4, 0.5) is 5.69 Å². The predicted octanol–water partition coefficient (Wildman–Crippen LogP) is 2.96. The van der Waals surface area contributed by atoms with Gasteiger partial charge in [-0.3, -0.25) is 14.9 Å². The molecular formula is C26H21ClN3O6S-. The van der Waals surface area contributed by atoms with Crippen LogP contribution in [0.5, 0.6) is 11.5 Å². The molecule has 11 heteroatoms. The Morgan fingerprint density at radius 2 is 1.81 bits per heavy atom. The number of hydrogen-bond donors (Lipinski definition) is 1. The number of nitrogens with zero attached hydrogens (tertiary/aromatic N) is 2. The molecule has 190 valence electrons. The zero-order chi connectivity index (χ0) is 27.0. The van der Waals surface area contributed by atoms with Crippen molar-refractivity contribution in [2.45, 2.75) is 13.8 Å². The van der Waals surface area contributed by atoms with E-state index < -0.39 is 17.8 Å². The van der Waals surface area contributed by atoms with Crippen molar-refractivity contribution in [1.82, 2.24) is 9.88 Å². The van der Waals surface area contributed by atoms with Gasteiger partial charge in [-0.25, -0.2) is 4.90 Å². The molecule has 0 radical (unpaired) electrons. The van der Waals surface area contributed by atoms with Crippen LogP contribution in [-0.2, 0) is 9.59 Å². The third-order valence-corrected chi connectivity index (χ3v) is 6.54. The van der Waals surface area contributed by atoms with Crippen LogP contribution in [0.25, 0.3) is 11.8 Å². The maximum Gasteiger partial charge on any atom is 0.270 e. The average molecular weight is 539 g/mol. The maximum absolute atomic E-state index is 13.5. The summed E-state index contributed by atoms with van der Waals surface area (Å²) in [6, 6.07) is 11.2. The summed E-state index contributed by atoms with van der Waals surface area (Å²) in [6.07, 6.45) is 1.47. The van der Waals surface area contributed by atoms with Crippen molar-refractivity contribution < 1.29 is 29.0 Å². The SMILES string of the molecule is COc1ccc(N2C(=O)/C(=C/c3cc(C)n(-c4ccc(Cl)c(C(=O)[O-])c4)c3C)C(=O)NC2=S)c(OC)c1. The molecule has 1 N–H and O–H groups in total. The smallest absolute Gasteiger partial charge is 0.270 e. The van der Waals surface area contributed by atoms with Gasteiger partial charge < -0.3 is 23.9 Å². The number of ether oxygens (including phenoxy) is 2. The number of carbonyl (C=O) groups excluding carboxylic acids is 3. The molecule has 0 saturated carbocycles. The van der Waals surface area contributed by atoms with E-state index in [-0.39, 0.29) is 21.3 Å². The molecule has 0 bridgehead atoms. The molecule has 1 fully saturated rings. The molecule has 1 saturated heterocycles. The lowest BCUT2D eigenvalue weighted by molar-refractivity contribution is -0.255. The number of rotatable bonds is 6. The number of carboxylic acids is 1. The van der Waals surface area contributed by atoms with Crippen LogP contribution in [0.1, 0.15) is 27.3 Å². The Kier molecular flexibility index (Phi) is 7.06. The molecule has 0 aliphatic carbocycles. The second kappa shape index (κ2) is 10.1. The molecule has 4 rings (SSSR count). The highest BCUT2D eigenvalue weighted by Crippen LogP contribution is 2.35. The Bertz CT molecular complexity index is 1510. The quantitative estimate of drug-likeness (QED) is 0.292. The van der Waals surface area contributed by atoms with E-state index in [0.717, 1.165) is 5.69 Å². The first-order valence-electron chi connectivity index (χ1n) is 10.9. The maximum atomic E-state index is 13.5. The Morgan fingerprint density at radius 1 is 1.08 bits per heavy atom. The topological polar surface area (TPSA) is 113 Å². The first-order chi connectivity index (χ1) is 17.6. The number of aryl methyl sites for hydroxylation is 1. The minimum atomic E-state index is -1.40. The van der Waals surface area contributed by atoms with E-state index in [1.165, 1.54) is 37.3 Å². The third kappa shape index (κ3) is 4.68. The number of amides is 2. The zero-order valence-corrected chi connectivity index (χ0v) is 21.8. The largest absolute Gasteiger partial charge is 0.545 e. The first kappa shape index (κ1) is 25.9. The Balaban J connectivity index is 1.78. The van der Waals surface area contributed by atoms with E-state index in [1.807, 2.05) is 6.92 Å². The van der Waals surface area contributed by atoms with Crippen molar-refractivity contribution in [3.8, 4) is 17.2 Å². The summed E-state index contributed by atoms with van der Waals surface area (Å²) in [5.74, 6) is -1.82. The van der Waals surface area contributed by atoms with Gasteiger partial charge in [0.05, 0.1) is 25.9 Å². The normalized spacial score (nSPS) is 14.7. The fourth-order valence-electron chi connectivity index (χ4n) is 4.14. The summed E-state index contributed by atoms with van der Waals surface area (Å²) >= 11 is 11.3. The van der Waals surface area contributed by atoms with Crippen LogP contribution in [0.3, 0.4) is 0 Å². The van der Waals surface area contributed by atoms with Crippen LogP contribution < -0.4 is 24.8 Å². The monoisotopic (exact) mass is 538 g/mol. The van der Waals surface area contributed by atoms with Crippen molar-refractivity contribution in [2.24, 2.45) is 0 Å². The van der Waals surface area contributed by atoms with Gasteiger partial charge >= 0.3 is 0 Å². The third-order valence-electron chi connectivity index (χ3n) is 5.93. The number of hydrogen-bond acceptors (Lipinski definition) is 7. The molecule has 9 nitrogen and oxygen atoms in total. The van der Waals surface area contributed by atoms with E-state index in [0.29, 0.717) is 34.1 Å². The fourth-order valence-corrected chi connectivity index (χ4v) is 4.61. The van der Waals surface area contributed by atoms with Gasteiger partial charge in [0.25, 0.3) is 11.8 Å². The molecule has 3 aromatic rings. The minimum Gasteiger partial charge on any atom is -0.545 e. The summed E-state index contributed by atoms with van der Waals surface area (Å²) in [7, 11) is 2.95. The van der Waals surface area contributed by atoms with Crippen LogP contribution in [0.2, 0.25) is 5.02 Å². The summed E-state index contributed by atoms with van der Waals surface area (Å²) in [5, 5.41) is 14.0. The number of aromatic nitrogens is 1. The van der Waals surface area contributed by atoms with E-state index >= 15 is 0 Å². The summed E-state index contributed by atoms with van der Waals surface area (Å²) < 4.78 is 12.4. The Labute approximate surface area is 222 Å². The first-order valence-corrected chi connectivity index (χ1v) is 11.7. The van der Waals surface area contributed by atoms with Crippen LogP contribution >= 0.6 is 23.8 Å². The zero-order valence-electron chi connectivity index (χ0n) is 20.2. The number of nitrogens with one attached hydrogen (secondary N) is 1. The van der Waals surface area contributed by atoms with Crippen molar-refractivity contribution in [3.63, 3.8) is 0 Å². The van der Waals surface area contributed by atoms with Gasteiger partial charge in [-0.1, -0.05) is 11.6 Å². The molecule has 0 unspecified atom stereocenters. The molecule has 2 aromatic carbocycles. The number of carboxylic acid groups (broad SMARTS) is 1. The molecule has 0 atom stereocenters. The lowest BCUT2D eigenvalue weighted by atomic mass is 10.1.